The van der Waals surface area contributed by atoms with Crippen molar-refractivity contribution in [1.82, 2.24) is 15.3 Å². The highest BCUT2D eigenvalue weighted by Crippen LogP contribution is 2.26. The fraction of sp³-hybridized carbons (Fsp3) is 0.571. The number of rotatable bonds is 4. The van der Waals surface area contributed by atoms with Gasteiger partial charge in [0.2, 0.25) is 0 Å². The normalized spacial score (nSPS) is 12.9. The van der Waals surface area contributed by atoms with Crippen LogP contribution in [-0.4, -0.2) is 9.97 Å². The van der Waals surface area contributed by atoms with Crippen LogP contribution in [0.5, 0.6) is 0 Å². The average molecular weight is 295 g/mol. The van der Waals surface area contributed by atoms with Crippen LogP contribution >= 0.6 is 22.7 Å². The highest BCUT2D eigenvalue weighted by atomic mass is 32.1. The van der Waals surface area contributed by atoms with Crippen molar-refractivity contribution in [2.75, 3.05) is 0 Å². The van der Waals surface area contributed by atoms with Gasteiger partial charge < -0.3 is 0 Å². The van der Waals surface area contributed by atoms with Crippen molar-refractivity contribution in [1.29, 1.82) is 0 Å². The maximum absolute atomic E-state index is 4.70. The van der Waals surface area contributed by atoms with Crippen molar-refractivity contribution in [2.45, 2.75) is 52.1 Å². The molecule has 0 aromatic carbocycles. The molecule has 2 rings (SSSR count). The molecule has 0 spiro atoms. The third-order valence-electron chi connectivity index (χ3n) is 2.97. The van der Waals surface area contributed by atoms with E-state index in [0.717, 1.165) is 16.6 Å². The van der Waals surface area contributed by atoms with E-state index in [4.69, 9.17) is 4.98 Å². The van der Waals surface area contributed by atoms with Crippen LogP contribution in [0.15, 0.2) is 17.0 Å². The van der Waals surface area contributed by atoms with E-state index < -0.39 is 0 Å². The molecule has 104 valence electrons. The van der Waals surface area contributed by atoms with E-state index >= 15 is 0 Å². The summed E-state index contributed by atoms with van der Waals surface area (Å²) < 4.78 is 0. The van der Waals surface area contributed by atoms with Gasteiger partial charge in [0.25, 0.3) is 0 Å². The van der Waals surface area contributed by atoms with Crippen LogP contribution < -0.4 is 5.32 Å². The summed E-state index contributed by atoms with van der Waals surface area (Å²) in [7, 11) is 0. The number of aromatic nitrogens is 2. The Kier molecular flexibility index (Phi) is 4.08. The lowest BCUT2D eigenvalue weighted by atomic mass is 9.93. The Labute approximate surface area is 123 Å². The Morgan fingerprint density at radius 3 is 2.42 bits per heavy atom. The SMILES string of the molecule is CC(C)(C)c1csc(CNC(C)(C)c2nccs2)n1. The molecule has 5 heteroatoms. The molecule has 3 nitrogen and oxygen atoms in total. The summed E-state index contributed by atoms with van der Waals surface area (Å²) in [5.74, 6) is 0. The van der Waals surface area contributed by atoms with Crippen molar-refractivity contribution in [2.24, 2.45) is 0 Å². The molecule has 0 radical (unpaired) electrons. The number of nitrogens with zero attached hydrogens (tertiary/aromatic N) is 2. The van der Waals surface area contributed by atoms with Gasteiger partial charge in [-0.2, -0.15) is 0 Å². The van der Waals surface area contributed by atoms with Gasteiger partial charge in [-0.15, -0.1) is 22.7 Å². The molecule has 0 aliphatic carbocycles. The van der Waals surface area contributed by atoms with Crippen LogP contribution in [0, 0.1) is 0 Å². The van der Waals surface area contributed by atoms with Gasteiger partial charge >= 0.3 is 0 Å². The molecule has 0 saturated heterocycles. The van der Waals surface area contributed by atoms with Crippen molar-refractivity contribution in [3.63, 3.8) is 0 Å². The molecule has 2 heterocycles. The van der Waals surface area contributed by atoms with Crippen LogP contribution in [-0.2, 0) is 17.5 Å². The van der Waals surface area contributed by atoms with Gasteiger partial charge in [-0.3, -0.25) is 5.32 Å². The Morgan fingerprint density at radius 2 is 1.89 bits per heavy atom. The monoisotopic (exact) mass is 295 g/mol. The van der Waals surface area contributed by atoms with Gasteiger partial charge in [-0.25, -0.2) is 9.97 Å². The Morgan fingerprint density at radius 1 is 1.16 bits per heavy atom. The van der Waals surface area contributed by atoms with Gasteiger partial charge in [-0.05, 0) is 13.8 Å². The Hall–Kier alpha value is -0.780. The molecule has 0 aliphatic rings. The van der Waals surface area contributed by atoms with Crippen molar-refractivity contribution >= 4 is 22.7 Å². The second kappa shape index (κ2) is 5.31. The predicted molar refractivity (Wildman–Crippen MR) is 82.8 cm³/mol. The van der Waals surface area contributed by atoms with E-state index in [-0.39, 0.29) is 11.0 Å². The summed E-state index contributed by atoms with van der Waals surface area (Å²) in [4.78, 5) is 9.09. The van der Waals surface area contributed by atoms with Crippen molar-refractivity contribution in [3.05, 3.63) is 32.7 Å². The molecule has 0 bridgehead atoms. The molecule has 0 amide bonds. The first kappa shape index (κ1) is 14.6. The summed E-state index contributed by atoms with van der Waals surface area (Å²) in [6.07, 6.45) is 1.85. The van der Waals surface area contributed by atoms with Gasteiger partial charge in [0.15, 0.2) is 0 Å². The highest BCUT2D eigenvalue weighted by Gasteiger charge is 2.23. The largest absolute Gasteiger partial charge is 0.299 e. The molecule has 2 aromatic heterocycles. The van der Waals surface area contributed by atoms with Crippen LogP contribution in [0.3, 0.4) is 0 Å². The van der Waals surface area contributed by atoms with E-state index in [0.29, 0.717) is 0 Å². The quantitative estimate of drug-likeness (QED) is 0.929. The minimum absolute atomic E-state index is 0.109. The zero-order valence-electron chi connectivity index (χ0n) is 12.2. The lowest BCUT2D eigenvalue weighted by Gasteiger charge is -2.23. The van der Waals surface area contributed by atoms with E-state index in [1.165, 1.54) is 5.69 Å². The Balaban J connectivity index is 2.01. The van der Waals surface area contributed by atoms with Crippen LogP contribution in [0.25, 0.3) is 0 Å². The number of hydrogen-bond acceptors (Lipinski definition) is 5. The highest BCUT2D eigenvalue weighted by molar-refractivity contribution is 7.10. The van der Waals surface area contributed by atoms with Gasteiger partial charge in [0.1, 0.15) is 10.0 Å². The second-order valence-corrected chi connectivity index (χ2v) is 8.03. The van der Waals surface area contributed by atoms with Crippen molar-refractivity contribution < 1.29 is 0 Å². The zero-order valence-corrected chi connectivity index (χ0v) is 13.8. The number of nitrogens with one attached hydrogen (secondary N) is 1. The lowest BCUT2D eigenvalue weighted by molar-refractivity contribution is 0.398. The van der Waals surface area contributed by atoms with E-state index in [1.54, 1.807) is 22.7 Å². The first-order chi connectivity index (χ1) is 8.79. The summed E-state index contributed by atoms with van der Waals surface area (Å²) in [5, 5.41) is 9.96. The molecule has 0 saturated carbocycles. The van der Waals surface area contributed by atoms with Crippen molar-refractivity contribution in [3.8, 4) is 0 Å². The second-order valence-electron chi connectivity index (χ2n) is 6.19. The molecule has 0 fully saturated rings. The summed E-state index contributed by atoms with van der Waals surface area (Å²) >= 11 is 3.41. The number of thiazole rings is 2. The van der Waals surface area contributed by atoms with Gasteiger partial charge in [0.05, 0.1) is 11.2 Å². The average Bonchev–Trinajstić information content (AvgIpc) is 2.97. The lowest BCUT2D eigenvalue weighted by Crippen LogP contribution is -2.35. The Bertz CT molecular complexity index is 521. The third kappa shape index (κ3) is 3.61. The molecular formula is C14H21N3S2. The molecular weight excluding hydrogens is 274 g/mol. The standard InChI is InChI=1S/C14H21N3S2/c1-13(2,3)10-9-19-11(17-10)8-16-14(4,5)12-15-6-7-18-12/h6-7,9,16H,8H2,1-5H3. The summed E-state index contributed by atoms with van der Waals surface area (Å²) in [6.45, 7) is 11.7. The number of hydrogen-bond donors (Lipinski definition) is 1. The zero-order chi connectivity index (χ0) is 14.1. The molecule has 0 unspecified atom stereocenters. The first-order valence-electron chi connectivity index (χ1n) is 6.39. The van der Waals surface area contributed by atoms with E-state index in [9.17, 15) is 0 Å². The minimum atomic E-state index is -0.109. The topological polar surface area (TPSA) is 37.8 Å². The smallest absolute Gasteiger partial charge is 0.112 e. The molecule has 19 heavy (non-hydrogen) atoms. The maximum Gasteiger partial charge on any atom is 0.112 e. The predicted octanol–water partition coefficient (Wildman–Crippen LogP) is 3.92. The summed E-state index contributed by atoms with van der Waals surface area (Å²) in [5.41, 5.74) is 1.18. The fourth-order valence-corrected chi connectivity index (χ4v) is 3.34. The van der Waals surface area contributed by atoms with Crippen LogP contribution in [0.1, 0.15) is 50.3 Å². The summed E-state index contributed by atoms with van der Waals surface area (Å²) in [6, 6.07) is 0. The minimum Gasteiger partial charge on any atom is -0.299 e. The van der Waals surface area contributed by atoms with Gasteiger partial charge in [0, 0.05) is 28.9 Å². The van der Waals surface area contributed by atoms with E-state index in [1.807, 2.05) is 11.6 Å². The van der Waals surface area contributed by atoms with Gasteiger partial charge in [-0.1, -0.05) is 20.8 Å². The molecule has 0 aliphatic heterocycles. The third-order valence-corrected chi connectivity index (χ3v) is 4.91. The van der Waals surface area contributed by atoms with Crippen LogP contribution in [0.4, 0.5) is 0 Å². The molecule has 2 aromatic rings. The van der Waals surface area contributed by atoms with E-state index in [2.05, 4.69) is 50.3 Å². The molecule has 0 atom stereocenters. The fourth-order valence-electron chi connectivity index (χ4n) is 1.64. The first-order valence-corrected chi connectivity index (χ1v) is 8.15. The van der Waals surface area contributed by atoms with Crippen LogP contribution in [0.2, 0.25) is 0 Å². The molecule has 1 N–H and O–H groups in total. The maximum atomic E-state index is 4.70.